The quantitative estimate of drug-likeness (QED) is 0.559. The molecule has 0 amide bonds. The third-order valence-electron chi connectivity index (χ3n) is 4.23. The van der Waals surface area contributed by atoms with Crippen LogP contribution in [0.2, 0.25) is 0 Å². The number of para-hydroxylation sites is 1. The van der Waals surface area contributed by atoms with E-state index in [4.69, 9.17) is 5.11 Å². The van der Waals surface area contributed by atoms with E-state index in [1.54, 1.807) is 6.07 Å². The van der Waals surface area contributed by atoms with E-state index in [9.17, 15) is 9.90 Å². The van der Waals surface area contributed by atoms with Gasteiger partial charge < -0.3 is 14.8 Å². The zero-order valence-electron chi connectivity index (χ0n) is 11.9. The molecule has 108 valence electrons. The molecular formula is C18H13NO3. The largest absolute Gasteiger partial charge is 0.507 e. The highest BCUT2D eigenvalue weighted by Crippen LogP contribution is 2.35. The Balaban J connectivity index is 2.24. The molecule has 4 heteroatoms. The van der Waals surface area contributed by atoms with Gasteiger partial charge >= 0.3 is 5.97 Å². The summed E-state index contributed by atoms with van der Waals surface area (Å²) < 4.78 is 2.08. The molecule has 4 nitrogen and oxygen atoms in total. The van der Waals surface area contributed by atoms with Crippen LogP contribution in [0.4, 0.5) is 0 Å². The molecule has 0 aliphatic heterocycles. The van der Waals surface area contributed by atoms with Crippen molar-refractivity contribution >= 4 is 38.5 Å². The lowest BCUT2D eigenvalue weighted by Gasteiger charge is -2.06. The highest BCUT2D eigenvalue weighted by atomic mass is 16.4. The molecule has 4 rings (SSSR count). The monoisotopic (exact) mass is 291 g/mol. The van der Waals surface area contributed by atoms with Crippen LogP contribution in [0.15, 0.2) is 48.5 Å². The fraction of sp³-hybridized carbons (Fsp3) is 0.0556. The number of hydrogen-bond acceptors (Lipinski definition) is 2. The predicted molar refractivity (Wildman–Crippen MR) is 86.6 cm³/mol. The summed E-state index contributed by atoms with van der Waals surface area (Å²) in [4.78, 5) is 11.2. The summed E-state index contributed by atoms with van der Waals surface area (Å²) in [6.07, 6.45) is 0. The van der Waals surface area contributed by atoms with Gasteiger partial charge in [-0.15, -0.1) is 0 Å². The van der Waals surface area contributed by atoms with Gasteiger partial charge in [-0.05, 0) is 23.6 Å². The van der Waals surface area contributed by atoms with Crippen molar-refractivity contribution < 1.29 is 15.0 Å². The Hall–Kier alpha value is -3.01. The fourth-order valence-corrected chi connectivity index (χ4v) is 3.21. The van der Waals surface area contributed by atoms with Crippen LogP contribution in [0.3, 0.4) is 0 Å². The Morgan fingerprint density at radius 1 is 1.00 bits per heavy atom. The van der Waals surface area contributed by atoms with Crippen LogP contribution in [-0.4, -0.2) is 20.7 Å². The summed E-state index contributed by atoms with van der Waals surface area (Å²) in [5.41, 5.74) is 2.02. The van der Waals surface area contributed by atoms with Crippen molar-refractivity contribution in [2.75, 3.05) is 0 Å². The van der Waals surface area contributed by atoms with Crippen LogP contribution in [-0.2, 0) is 7.05 Å². The van der Waals surface area contributed by atoms with Crippen molar-refractivity contribution in [3.05, 3.63) is 54.1 Å². The summed E-state index contributed by atoms with van der Waals surface area (Å²) in [7, 11) is 1.98. The minimum atomic E-state index is -1.13. The molecule has 0 aliphatic rings. The van der Waals surface area contributed by atoms with Gasteiger partial charge in [0.25, 0.3) is 0 Å². The Kier molecular flexibility index (Phi) is 2.45. The molecule has 2 N–H and O–H groups in total. The normalized spacial score (nSPS) is 11.5. The second kappa shape index (κ2) is 4.24. The maximum atomic E-state index is 11.2. The molecule has 0 unspecified atom stereocenters. The van der Waals surface area contributed by atoms with Gasteiger partial charge in [-0.1, -0.05) is 30.3 Å². The van der Waals surface area contributed by atoms with Crippen LogP contribution >= 0.6 is 0 Å². The number of carboxylic acid groups (broad SMARTS) is 1. The lowest BCUT2D eigenvalue weighted by molar-refractivity contribution is 0.0694. The highest BCUT2D eigenvalue weighted by molar-refractivity contribution is 6.18. The van der Waals surface area contributed by atoms with Crippen molar-refractivity contribution in [3.8, 4) is 5.75 Å². The highest BCUT2D eigenvalue weighted by Gasteiger charge is 2.15. The van der Waals surface area contributed by atoms with E-state index in [1.165, 1.54) is 6.07 Å². The topological polar surface area (TPSA) is 62.5 Å². The SMILES string of the molecule is Cn1c2ccccc2c2ccc3cc(C(=O)O)c(O)cc3c21. The molecular weight excluding hydrogens is 278 g/mol. The van der Waals surface area contributed by atoms with Gasteiger partial charge in [0.05, 0.1) is 5.52 Å². The molecule has 1 aromatic heterocycles. The number of nitrogens with zero attached hydrogens (tertiary/aromatic N) is 1. The average Bonchev–Trinajstić information content (AvgIpc) is 2.80. The van der Waals surface area contributed by atoms with Crippen LogP contribution < -0.4 is 0 Å². The second-order valence-corrected chi connectivity index (χ2v) is 5.43. The van der Waals surface area contributed by atoms with E-state index in [2.05, 4.69) is 10.6 Å². The zero-order valence-corrected chi connectivity index (χ0v) is 11.9. The number of aromatic nitrogens is 1. The first-order chi connectivity index (χ1) is 10.6. The Morgan fingerprint density at radius 3 is 2.55 bits per heavy atom. The first kappa shape index (κ1) is 12.7. The molecule has 0 saturated carbocycles. The number of benzene rings is 3. The minimum absolute atomic E-state index is 0.0781. The van der Waals surface area contributed by atoms with Gasteiger partial charge in [0, 0.05) is 28.7 Å². The van der Waals surface area contributed by atoms with Gasteiger partial charge in [-0.3, -0.25) is 0 Å². The number of aromatic hydroxyl groups is 1. The maximum absolute atomic E-state index is 11.2. The lowest BCUT2D eigenvalue weighted by atomic mass is 10.0. The molecule has 1 heterocycles. The van der Waals surface area contributed by atoms with Gasteiger partial charge in [0.15, 0.2) is 0 Å². The van der Waals surface area contributed by atoms with Crippen LogP contribution in [0.25, 0.3) is 32.6 Å². The first-order valence-electron chi connectivity index (χ1n) is 6.94. The van der Waals surface area contributed by atoms with E-state index in [1.807, 2.05) is 37.4 Å². The van der Waals surface area contributed by atoms with Crippen molar-refractivity contribution in [3.63, 3.8) is 0 Å². The molecule has 0 saturated heterocycles. The van der Waals surface area contributed by atoms with Crippen LogP contribution in [0.1, 0.15) is 10.4 Å². The molecule has 0 bridgehead atoms. The smallest absolute Gasteiger partial charge is 0.339 e. The summed E-state index contributed by atoms with van der Waals surface area (Å²) >= 11 is 0. The second-order valence-electron chi connectivity index (χ2n) is 5.43. The summed E-state index contributed by atoms with van der Waals surface area (Å²) in [6, 6.07) is 15.1. The van der Waals surface area contributed by atoms with Gasteiger partial charge in [0.2, 0.25) is 0 Å². The van der Waals surface area contributed by atoms with Crippen molar-refractivity contribution in [2.24, 2.45) is 7.05 Å². The van der Waals surface area contributed by atoms with E-state index in [-0.39, 0.29) is 11.3 Å². The Labute approximate surface area is 125 Å². The van der Waals surface area contributed by atoms with E-state index in [0.29, 0.717) is 0 Å². The first-order valence-corrected chi connectivity index (χ1v) is 6.94. The van der Waals surface area contributed by atoms with Crippen molar-refractivity contribution in [1.82, 2.24) is 4.57 Å². The van der Waals surface area contributed by atoms with E-state index >= 15 is 0 Å². The number of carboxylic acids is 1. The summed E-state index contributed by atoms with van der Waals surface area (Å²) in [5.74, 6) is -1.34. The summed E-state index contributed by atoms with van der Waals surface area (Å²) in [5, 5.41) is 23.0. The van der Waals surface area contributed by atoms with Gasteiger partial charge in [0.1, 0.15) is 11.3 Å². The standard InChI is InChI=1S/C18H13NO3/c1-19-15-5-3-2-4-11(15)12-7-6-10-8-14(18(21)22)16(20)9-13(10)17(12)19/h2-9,20H,1H3,(H,21,22). The van der Waals surface area contributed by atoms with Crippen LogP contribution in [0, 0.1) is 0 Å². The molecule has 0 radical (unpaired) electrons. The summed E-state index contributed by atoms with van der Waals surface area (Å²) in [6.45, 7) is 0. The average molecular weight is 291 g/mol. The minimum Gasteiger partial charge on any atom is -0.507 e. The molecule has 0 fully saturated rings. The molecule has 0 atom stereocenters. The van der Waals surface area contributed by atoms with E-state index in [0.717, 1.165) is 32.6 Å². The number of carbonyl (C=O) groups is 1. The van der Waals surface area contributed by atoms with Crippen molar-refractivity contribution in [2.45, 2.75) is 0 Å². The molecule has 4 aromatic rings. The molecule has 0 aliphatic carbocycles. The lowest BCUT2D eigenvalue weighted by Crippen LogP contribution is -1.97. The molecule has 0 spiro atoms. The Morgan fingerprint density at radius 2 is 1.77 bits per heavy atom. The third kappa shape index (κ3) is 1.55. The number of hydrogen-bond donors (Lipinski definition) is 2. The van der Waals surface area contributed by atoms with Crippen LogP contribution in [0.5, 0.6) is 5.75 Å². The van der Waals surface area contributed by atoms with E-state index < -0.39 is 5.97 Å². The number of aryl methyl sites for hydroxylation is 1. The number of phenols is 1. The van der Waals surface area contributed by atoms with Gasteiger partial charge in [-0.25, -0.2) is 4.79 Å². The zero-order chi connectivity index (χ0) is 15.4. The molecule has 3 aromatic carbocycles. The Bertz CT molecular complexity index is 1080. The predicted octanol–water partition coefficient (Wildman–Crippen LogP) is 3.89. The fourth-order valence-electron chi connectivity index (χ4n) is 3.21. The number of rotatable bonds is 1. The third-order valence-corrected chi connectivity index (χ3v) is 4.23. The number of fused-ring (bicyclic) bond motifs is 5. The maximum Gasteiger partial charge on any atom is 0.339 e. The van der Waals surface area contributed by atoms with Gasteiger partial charge in [-0.2, -0.15) is 0 Å². The van der Waals surface area contributed by atoms with Crippen molar-refractivity contribution in [1.29, 1.82) is 0 Å². The number of aromatic carboxylic acids is 1. The molecule has 22 heavy (non-hydrogen) atoms.